The van der Waals surface area contributed by atoms with Gasteiger partial charge in [-0.05, 0) is 5.56 Å². The summed E-state index contributed by atoms with van der Waals surface area (Å²) in [6, 6.07) is 8.86. The lowest BCUT2D eigenvalue weighted by Crippen LogP contribution is -2.56. The molecular formula is C18H22O4Si. The molecule has 1 aliphatic rings. The fraction of sp³-hybridized carbons (Fsp3) is 0.444. The molecule has 0 saturated carbocycles. The molecule has 23 heavy (non-hydrogen) atoms. The predicted octanol–water partition coefficient (Wildman–Crippen LogP) is 3.03. The summed E-state index contributed by atoms with van der Waals surface area (Å²) in [5, 5.41) is 0. The number of hydrogen-bond donors (Lipinski definition) is 0. The van der Waals surface area contributed by atoms with Crippen molar-refractivity contribution in [1.82, 2.24) is 0 Å². The first-order valence-corrected chi connectivity index (χ1v) is 11.1. The van der Waals surface area contributed by atoms with Gasteiger partial charge in [0.2, 0.25) is 5.41 Å². The minimum atomic E-state index is -1.61. The molecule has 0 radical (unpaired) electrons. The molecule has 1 aliphatic heterocycles. The zero-order valence-electron chi connectivity index (χ0n) is 14.2. The Morgan fingerprint density at radius 3 is 2.00 bits per heavy atom. The highest BCUT2D eigenvalue weighted by Crippen LogP contribution is 2.38. The molecule has 1 aromatic carbocycles. The highest BCUT2D eigenvalue weighted by atomic mass is 28.3. The van der Waals surface area contributed by atoms with Crippen LogP contribution in [0.25, 0.3) is 0 Å². The molecule has 0 bridgehead atoms. The summed E-state index contributed by atoms with van der Waals surface area (Å²) in [6.07, 6.45) is 0.0645. The van der Waals surface area contributed by atoms with Gasteiger partial charge in [0.25, 0.3) is 5.79 Å². The molecule has 0 atom stereocenters. The molecule has 0 aromatic heterocycles. The first-order chi connectivity index (χ1) is 10.6. The molecule has 0 unspecified atom stereocenters. The fourth-order valence-corrected chi connectivity index (χ4v) is 2.99. The summed E-state index contributed by atoms with van der Waals surface area (Å²) in [5.41, 5.74) is 2.24. The Bertz CT molecular complexity index is 654. The van der Waals surface area contributed by atoms with Crippen LogP contribution in [0.4, 0.5) is 0 Å². The topological polar surface area (TPSA) is 52.6 Å². The number of cyclic esters (lactones) is 2. The van der Waals surface area contributed by atoms with E-state index in [1.54, 1.807) is 38.1 Å². The summed E-state index contributed by atoms with van der Waals surface area (Å²) >= 11 is 0. The SMILES string of the molecule is CC1(C)OC(=O)C(CC#C[Si](C)(C)C)(c2ccccc2)C(=O)O1. The van der Waals surface area contributed by atoms with Gasteiger partial charge >= 0.3 is 11.9 Å². The average Bonchev–Trinajstić information content (AvgIpc) is 2.41. The number of carbonyl (C=O) groups excluding carboxylic acids is 2. The van der Waals surface area contributed by atoms with E-state index in [0.717, 1.165) is 0 Å². The highest BCUT2D eigenvalue weighted by Gasteiger charge is 2.57. The molecule has 4 nitrogen and oxygen atoms in total. The van der Waals surface area contributed by atoms with Crippen molar-refractivity contribution >= 4 is 20.0 Å². The third-order valence-electron chi connectivity index (χ3n) is 3.46. The van der Waals surface area contributed by atoms with Gasteiger partial charge in [-0.3, -0.25) is 9.59 Å². The third kappa shape index (κ3) is 3.65. The summed E-state index contributed by atoms with van der Waals surface area (Å²) in [4.78, 5) is 25.4. The fourth-order valence-electron chi connectivity index (χ4n) is 2.37. The average molecular weight is 330 g/mol. The number of hydrogen-bond acceptors (Lipinski definition) is 4. The standard InChI is InChI=1S/C18H22O4Si/c1-17(2)21-15(19)18(16(20)22-17,12-9-13-23(3,4)5)14-10-7-6-8-11-14/h6-8,10-11H,12H2,1-5H3. The van der Waals surface area contributed by atoms with Gasteiger partial charge in [-0.25, -0.2) is 0 Å². The molecular weight excluding hydrogens is 308 g/mol. The molecule has 0 spiro atoms. The molecule has 0 N–H and O–H groups in total. The van der Waals surface area contributed by atoms with Gasteiger partial charge < -0.3 is 9.47 Å². The molecule has 1 heterocycles. The van der Waals surface area contributed by atoms with E-state index in [9.17, 15) is 9.59 Å². The Morgan fingerprint density at radius 2 is 1.52 bits per heavy atom. The van der Waals surface area contributed by atoms with Crippen LogP contribution in [0, 0.1) is 11.5 Å². The number of esters is 2. The second-order valence-electron chi connectivity index (χ2n) is 7.18. The summed E-state index contributed by atoms with van der Waals surface area (Å²) in [5.74, 6) is 0.577. The van der Waals surface area contributed by atoms with Crippen LogP contribution in [0.5, 0.6) is 0 Å². The molecule has 0 aliphatic carbocycles. The van der Waals surface area contributed by atoms with Crippen molar-refractivity contribution in [1.29, 1.82) is 0 Å². The van der Waals surface area contributed by atoms with E-state index in [4.69, 9.17) is 9.47 Å². The second kappa shape index (κ2) is 5.86. The van der Waals surface area contributed by atoms with E-state index in [-0.39, 0.29) is 6.42 Å². The van der Waals surface area contributed by atoms with Crippen molar-refractivity contribution in [3.05, 3.63) is 35.9 Å². The van der Waals surface area contributed by atoms with Crippen LogP contribution in [0.2, 0.25) is 19.6 Å². The maximum atomic E-state index is 12.7. The predicted molar refractivity (Wildman–Crippen MR) is 90.1 cm³/mol. The van der Waals surface area contributed by atoms with Gasteiger partial charge in [-0.2, -0.15) is 0 Å². The Morgan fingerprint density at radius 1 is 1.00 bits per heavy atom. The molecule has 1 aromatic rings. The van der Waals surface area contributed by atoms with Crippen molar-refractivity contribution in [2.24, 2.45) is 0 Å². The zero-order valence-corrected chi connectivity index (χ0v) is 15.2. The van der Waals surface area contributed by atoms with E-state index in [2.05, 4.69) is 31.1 Å². The lowest BCUT2D eigenvalue weighted by molar-refractivity contribution is -0.243. The second-order valence-corrected chi connectivity index (χ2v) is 11.9. The number of benzene rings is 1. The number of rotatable bonds is 2. The highest BCUT2D eigenvalue weighted by molar-refractivity contribution is 6.83. The van der Waals surface area contributed by atoms with Gasteiger partial charge in [-0.15, -0.1) is 11.5 Å². The van der Waals surface area contributed by atoms with Gasteiger partial charge in [0.05, 0.1) is 0 Å². The van der Waals surface area contributed by atoms with Crippen molar-refractivity contribution in [2.75, 3.05) is 0 Å². The number of carbonyl (C=O) groups is 2. The summed E-state index contributed by atoms with van der Waals surface area (Å²) in [6.45, 7) is 9.42. The van der Waals surface area contributed by atoms with Gasteiger partial charge in [0.1, 0.15) is 8.07 Å². The van der Waals surface area contributed by atoms with Crippen molar-refractivity contribution in [3.63, 3.8) is 0 Å². The third-order valence-corrected chi connectivity index (χ3v) is 4.38. The molecule has 5 heteroatoms. The molecule has 122 valence electrons. The van der Waals surface area contributed by atoms with Crippen LogP contribution in [0.1, 0.15) is 25.8 Å². The van der Waals surface area contributed by atoms with Crippen molar-refractivity contribution < 1.29 is 19.1 Å². The lowest BCUT2D eigenvalue weighted by Gasteiger charge is -2.39. The lowest BCUT2D eigenvalue weighted by atomic mass is 9.77. The van der Waals surface area contributed by atoms with E-state index in [0.29, 0.717) is 5.56 Å². The quantitative estimate of drug-likeness (QED) is 0.362. The van der Waals surface area contributed by atoms with Crippen LogP contribution in [0.3, 0.4) is 0 Å². The Hall–Kier alpha value is -2.06. The maximum Gasteiger partial charge on any atom is 0.332 e. The van der Waals surface area contributed by atoms with Crippen LogP contribution in [-0.2, 0) is 24.5 Å². The Kier molecular flexibility index (Phi) is 4.40. The van der Waals surface area contributed by atoms with Crippen LogP contribution in [-0.4, -0.2) is 25.8 Å². The monoisotopic (exact) mass is 330 g/mol. The molecule has 1 saturated heterocycles. The first-order valence-electron chi connectivity index (χ1n) is 7.59. The van der Waals surface area contributed by atoms with Gasteiger partial charge in [0.15, 0.2) is 0 Å². The first kappa shape index (κ1) is 17.3. The largest absolute Gasteiger partial charge is 0.422 e. The van der Waals surface area contributed by atoms with Gasteiger partial charge in [-0.1, -0.05) is 50.0 Å². The van der Waals surface area contributed by atoms with E-state index in [1.165, 1.54) is 0 Å². The smallest absolute Gasteiger partial charge is 0.332 e. The van der Waals surface area contributed by atoms with Gasteiger partial charge in [0, 0.05) is 20.3 Å². The summed E-state index contributed by atoms with van der Waals surface area (Å²) in [7, 11) is -1.61. The van der Waals surface area contributed by atoms with Crippen LogP contribution in [0.15, 0.2) is 30.3 Å². The Labute approximate surface area is 138 Å². The molecule has 0 amide bonds. The minimum absolute atomic E-state index is 0.0645. The minimum Gasteiger partial charge on any atom is -0.422 e. The zero-order chi connectivity index (χ0) is 17.3. The molecule has 1 fully saturated rings. The Balaban J connectivity index is 2.50. The summed E-state index contributed by atoms with van der Waals surface area (Å²) < 4.78 is 10.7. The van der Waals surface area contributed by atoms with Crippen LogP contribution >= 0.6 is 0 Å². The van der Waals surface area contributed by atoms with E-state index >= 15 is 0 Å². The van der Waals surface area contributed by atoms with Crippen LogP contribution < -0.4 is 0 Å². The van der Waals surface area contributed by atoms with E-state index < -0.39 is 31.2 Å². The normalized spacial score (nSPS) is 19.2. The number of ether oxygens (including phenoxy) is 2. The molecule has 2 rings (SSSR count). The van der Waals surface area contributed by atoms with Crippen molar-refractivity contribution in [3.8, 4) is 11.5 Å². The van der Waals surface area contributed by atoms with Crippen molar-refractivity contribution in [2.45, 2.75) is 51.1 Å². The van der Waals surface area contributed by atoms with E-state index in [1.807, 2.05) is 6.07 Å². The maximum absolute atomic E-state index is 12.7.